The van der Waals surface area contributed by atoms with Gasteiger partial charge < -0.3 is 15.8 Å². The molecule has 116 valence electrons. The summed E-state index contributed by atoms with van der Waals surface area (Å²) in [6, 6.07) is 4.96. The number of ether oxygens (including phenoxy) is 1. The van der Waals surface area contributed by atoms with Crippen molar-refractivity contribution < 1.29 is 14.3 Å². The van der Waals surface area contributed by atoms with E-state index in [4.69, 9.17) is 17.3 Å². The molecule has 0 heterocycles. The van der Waals surface area contributed by atoms with Crippen LogP contribution in [0.2, 0.25) is 5.02 Å². The molecule has 0 spiro atoms. The van der Waals surface area contributed by atoms with Crippen LogP contribution in [0.5, 0.6) is 0 Å². The molecule has 0 aliphatic rings. The zero-order chi connectivity index (χ0) is 15.7. The quantitative estimate of drug-likeness (QED) is 0.435. The van der Waals surface area contributed by atoms with Gasteiger partial charge in [-0.2, -0.15) is 11.8 Å². The highest BCUT2D eigenvalue weighted by molar-refractivity contribution is 7.99. The summed E-state index contributed by atoms with van der Waals surface area (Å²) >= 11 is 7.60. The first-order valence-electron chi connectivity index (χ1n) is 6.52. The van der Waals surface area contributed by atoms with Crippen LogP contribution in [0.25, 0.3) is 0 Å². The SMILES string of the molecule is COC(=O)CCSCCCC(=O)Nc1ccc(N)cc1Cl. The van der Waals surface area contributed by atoms with Crippen molar-refractivity contribution in [3.8, 4) is 0 Å². The van der Waals surface area contributed by atoms with E-state index in [0.717, 1.165) is 12.2 Å². The number of carbonyl (C=O) groups is 2. The molecule has 0 saturated carbocycles. The molecule has 0 fully saturated rings. The lowest BCUT2D eigenvalue weighted by molar-refractivity contribution is -0.140. The Morgan fingerprint density at radius 1 is 1.33 bits per heavy atom. The van der Waals surface area contributed by atoms with E-state index in [2.05, 4.69) is 10.1 Å². The second-order valence-electron chi connectivity index (χ2n) is 4.33. The number of rotatable bonds is 8. The van der Waals surface area contributed by atoms with Crippen molar-refractivity contribution in [2.75, 3.05) is 29.7 Å². The smallest absolute Gasteiger partial charge is 0.306 e. The minimum absolute atomic E-state index is 0.0877. The average molecular weight is 331 g/mol. The van der Waals surface area contributed by atoms with Crippen molar-refractivity contribution in [3.63, 3.8) is 0 Å². The number of amides is 1. The zero-order valence-electron chi connectivity index (χ0n) is 11.9. The number of hydrogen-bond donors (Lipinski definition) is 2. The number of esters is 1. The molecule has 0 unspecified atom stereocenters. The van der Waals surface area contributed by atoms with Crippen LogP contribution in [-0.2, 0) is 14.3 Å². The van der Waals surface area contributed by atoms with Crippen molar-refractivity contribution in [1.29, 1.82) is 0 Å². The van der Waals surface area contributed by atoms with Gasteiger partial charge in [-0.3, -0.25) is 9.59 Å². The molecule has 5 nitrogen and oxygen atoms in total. The van der Waals surface area contributed by atoms with Crippen molar-refractivity contribution in [3.05, 3.63) is 23.2 Å². The third kappa shape index (κ3) is 7.24. The molecule has 1 aromatic rings. The molecule has 0 radical (unpaired) electrons. The van der Waals surface area contributed by atoms with Crippen molar-refractivity contribution in [1.82, 2.24) is 0 Å². The largest absolute Gasteiger partial charge is 0.469 e. The Kier molecular flexibility index (Phi) is 8.00. The Balaban J connectivity index is 2.18. The first-order chi connectivity index (χ1) is 10.0. The standard InChI is InChI=1S/C14H19ClN2O3S/c1-20-14(19)6-8-21-7-2-3-13(18)17-12-5-4-10(16)9-11(12)15/h4-5,9H,2-3,6-8,16H2,1H3,(H,17,18). The Labute approximate surface area is 133 Å². The van der Waals surface area contributed by atoms with Gasteiger partial charge in [-0.05, 0) is 30.4 Å². The number of nitrogens with two attached hydrogens (primary N) is 1. The Morgan fingerprint density at radius 3 is 2.76 bits per heavy atom. The van der Waals surface area contributed by atoms with Crippen LogP contribution in [0.4, 0.5) is 11.4 Å². The average Bonchev–Trinajstić information content (AvgIpc) is 2.45. The molecule has 0 aromatic heterocycles. The summed E-state index contributed by atoms with van der Waals surface area (Å²) in [6.45, 7) is 0. The highest BCUT2D eigenvalue weighted by Crippen LogP contribution is 2.24. The van der Waals surface area contributed by atoms with E-state index in [1.165, 1.54) is 7.11 Å². The maximum atomic E-state index is 11.8. The van der Waals surface area contributed by atoms with Gasteiger partial charge in [-0.25, -0.2) is 0 Å². The van der Waals surface area contributed by atoms with Gasteiger partial charge in [0.05, 0.1) is 24.2 Å². The number of thioether (sulfide) groups is 1. The van der Waals surface area contributed by atoms with Gasteiger partial charge in [0, 0.05) is 17.9 Å². The molecule has 1 amide bonds. The Morgan fingerprint density at radius 2 is 2.10 bits per heavy atom. The summed E-state index contributed by atoms with van der Waals surface area (Å²) in [5.41, 5.74) is 6.70. The maximum Gasteiger partial charge on any atom is 0.306 e. The first-order valence-corrected chi connectivity index (χ1v) is 8.05. The minimum atomic E-state index is -0.210. The molecule has 3 N–H and O–H groups in total. The number of carbonyl (C=O) groups excluding carboxylic acids is 2. The summed E-state index contributed by atoms with van der Waals surface area (Å²) in [5.74, 6) is 1.23. The fourth-order valence-electron chi connectivity index (χ4n) is 1.54. The normalized spacial score (nSPS) is 10.2. The number of halogens is 1. The summed E-state index contributed by atoms with van der Waals surface area (Å²) in [7, 11) is 1.37. The molecular formula is C14H19ClN2O3S. The Bertz CT molecular complexity index is 497. The van der Waals surface area contributed by atoms with Crippen LogP contribution in [0.15, 0.2) is 18.2 Å². The lowest BCUT2D eigenvalue weighted by Crippen LogP contribution is -2.12. The molecule has 0 atom stereocenters. The predicted molar refractivity (Wildman–Crippen MR) is 87.7 cm³/mol. The van der Waals surface area contributed by atoms with E-state index in [9.17, 15) is 9.59 Å². The van der Waals surface area contributed by atoms with Crippen LogP contribution >= 0.6 is 23.4 Å². The van der Waals surface area contributed by atoms with E-state index >= 15 is 0 Å². The van der Waals surface area contributed by atoms with Crippen molar-refractivity contribution >= 4 is 46.6 Å². The van der Waals surface area contributed by atoms with E-state index in [1.807, 2.05) is 0 Å². The fraction of sp³-hybridized carbons (Fsp3) is 0.429. The summed E-state index contributed by atoms with van der Waals surface area (Å²) in [6.07, 6.45) is 1.55. The van der Waals surface area contributed by atoms with E-state index in [0.29, 0.717) is 35.0 Å². The van der Waals surface area contributed by atoms with Crippen LogP contribution < -0.4 is 11.1 Å². The Hall–Kier alpha value is -1.40. The van der Waals surface area contributed by atoms with Gasteiger partial charge in [0.2, 0.25) is 5.91 Å². The number of hydrogen-bond acceptors (Lipinski definition) is 5. The van der Waals surface area contributed by atoms with Crippen LogP contribution in [0.1, 0.15) is 19.3 Å². The van der Waals surface area contributed by atoms with Crippen LogP contribution in [-0.4, -0.2) is 30.5 Å². The fourth-order valence-corrected chi connectivity index (χ4v) is 2.64. The first kappa shape index (κ1) is 17.7. The van der Waals surface area contributed by atoms with Gasteiger partial charge in [0.1, 0.15) is 0 Å². The number of methoxy groups -OCH3 is 1. The van der Waals surface area contributed by atoms with Crippen LogP contribution in [0, 0.1) is 0 Å². The molecule has 21 heavy (non-hydrogen) atoms. The second-order valence-corrected chi connectivity index (χ2v) is 5.96. The topological polar surface area (TPSA) is 81.4 Å². The molecular weight excluding hydrogens is 312 g/mol. The monoisotopic (exact) mass is 330 g/mol. The van der Waals surface area contributed by atoms with Gasteiger partial charge >= 0.3 is 5.97 Å². The summed E-state index contributed by atoms with van der Waals surface area (Å²) < 4.78 is 4.54. The summed E-state index contributed by atoms with van der Waals surface area (Å²) in [4.78, 5) is 22.6. The summed E-state index contributed by atoms with van der Waals surface area (Å²) in [5, 5.41) is 3.17. The third-order valence-electron chi connectivity index (χ3n) is 2.64. The van der Waals surface area contributed by atoms with Crippen molar-refractivity contribution in [2.24, 2.45) is 0 Å². The molecule has 1 aromatic carbocycles. The van der Waals surface area contributed by atoms with Crippen molar-refractivity contribution in [2.45, 2.75) is 19.3 Å². The maximum absolute atomic E-state index is 11.8. The minimum Gasteiger partial charge on any atom is -0.469 e. The van der Waals surface area contributed by atoms with Gasteiger partial charge in [-0.15, -0.1) is 0 Å². The zero-order valence-corrected chi connectivity index (χ0v) is 13.4. The molecule has 0 aliphatic carbocycles. The molecule has 0 aliphatic heterocycles. The highest BCUT2D eigenvalue weighted by atomic mass is 35.5. The molecule has 7 heteroatoms. The molecule has 1 rings (SSSR count). The van der Waals surface area contributed by atoms with E-state index in [1.54, 1.807) is 30.0 Å². The van der Waals surface area contributed by atoms with Gasteiger partial charge in [0.15, 0.2) is 0 Å². The number of nitrogen functional groups attached to an aromatic ring is 1. The number of anilines is 2. The molecule has 0 bridgehead atoms. The molecule has 0 saturated heterocycles. The lowest BCUT2D eigenvalue weighted by atomic mass is 10.2. The van der Waals surface area contributed by atoms with Crippen LogP contribution in [0.3, 0.4) is 0 Å². The van der Waals surface area contributed by atoms with Gasteiger partial charge in [0.25, 0.3) is 0 Å². The van der Waals surface area contributed by atoms with E-state index < -0.39 is 0 Å². The number of nitrogens with one attached hydrogen (secondary N) is 1. The van der Waals surface area contributed by atoms with E-state index in [-0.39, 0.29) is 11.9 Å². The second kappa shape index (κ2) is 9.52. The highest BCUT2D eigenvalue weighted by Gasteiger charge is 2.06. The predicted octanol–water partition coefficient (Wildman–Crippen LogP) is 2.94. The third-order valence-corrected chi connectivity index (χ3v) is 4.02. The number of benzene rings is 1. The van der Waals surface area contributed by atoms with Gasteiger partial charge in [-0.1, -0.05) is 11.6 Å². The lowest BCUT2D eigenvalue weighted by Gasteiger charge is -2.07.